The number of phenols is 1. The number of benzene rings is 1. The molecule has 13 nitrogen and oxygen atoms in total. The van der Waals surface area contributed by atoms with E-state index in [2.05, 4.69) is 16.0 Å². The van der Waals surface area contributed by atoms with Gasteiger partial charge in [0, 0.05) is 27.1 Å². The molecular weight excluding hydrogens is 676 g/mol. The Balaban J connectivity index is 2.19. The maximum Gasteiger partial charge on any atom is 0.245 e. The molecule has 2 aliphatic rings. The van der Waals surface area contributed by atoms with E-state index in [1.807, 2.05) is 55.4 Å². The average molecular weight is 741 g/mol. The van der Waals surface area contributed by atoms with E-state index in [1.54, 1.807) is 19.2 Å². The largest absolute Gasteiger partial charge is 0.508 e. The van der Waals surface area contributed by atoms with E-state index in [4.69, 9.17) is 0 Å². The minimum absolute atomic E-state index is 0.00479. The molecular formula is C40H64N6O7. The van der Waals surface area contributed by atoms with Gasteiger partial charge in [-0.05, 0) is 79.9 Å². The zero-order chi connectivity index (χ0) is 39.7. The van der Waals surface area contributed by atoms with Crippen LogP contribution < -0.4 is 16.0 Å². The van der Waals surface area contributed by atoms with E-state index in [-0.39, 0.29) is 48.2 Å². The molecule has 4 N–H and O–H groups in total. The van der Waals surface area contributed by atoms with Crippen molar-refractivity contribution in [2.75, 3.05) is 20.6 Å². The van der Waals surface area contributed by atoms with Crippen LogP contribution in [0.3, 0.4) is 0 Å². The van der Waals surface area contributed by atoms with Crippen molar-refractivity contribution in [1.82, 2.24) is 30.7 Å². The first-order valence-electron chi connectivity index (χ1n) is 19.3. The third-order valence-electron chi connectivity index (χ3n) is 10.1. The summed E-state index contributed by atoms with van der Waals surface area (Å²) in [7, 11) is 3.07. The molecule has 6 amide bonds. The van der Waals surface area contributed by atoms with Gasteiger partial charge in [-0.3, -0.25) is 28.8 Å². The summed E-state index contributed by atoms with van der Waals surface area (Å²) in [6.07, 6.45) is 2.22. The molecule has 0 spiro atoms. The van der Waals surface area contributed by atoms with Crippen LogP contribution >= 0.6 is 0 Å². The summed E-state index contributed by atoms with van der Waals surface area (Å²) in [5.74, 6) is -2.72. The fraction of sp³-hybridized carbons (Fsp3) is 0.700. The summed E-state index contributed by atoms with van der Waals surface area (Å²) < 4.78 is 0. The lowest BCUT2D eigenvalue weighted by atomic mass is 9.96. The average Bonchev–Trinajstić information content (AvgIpc) is 3.56. The molecule has 1 aromatic rings. The topological polar surface area (TPSA) is 168 Å². The van der Waals surface area contributed by atoms with Gasteiger partial charge in [-0.25, -0.2) is 0 Å². The minimum atomic E-state index is -1.08. The van der Waals surface area contributed by atoms with Gasteiger partial charge < -0.3 is 35.8 Å². The van der Waals surface area contributed by atoms with Crippen LogP contribution in [0.2, 0.25) is 0 Å². The number of nitrogens with one attached hydrogen (secondary N) is 3. The van der Waals surface area contributed by atoms with E-state index >= 15 is 0 Å². The molecule has 2 aliphatic heterocycles. The zero-order valence-corrected chi connectivity index (χ0v) is 33.5. The molecule has 0 saturated carbocycles. The number of amides is 6. The number of likely N-dealkylation sites (N-methyl/N-ethyl adjacent to an activating group) is 2. The van der Waals surface area contributed by atoms with Gasteiger partial charge in [0.1, 0.15) is 42.0 Å². The van der Waals surface area contributed by atoms with Crippen LogP contribution in [0.5, 0.6) is 5.75 Å². The number of hydrogen-bond acceptors (Lipinski definition) is 7. The fourth-order valence-corrected chi connectivity index (χ4v) is 7.32. The maximum atomic E-state index is 14.4. The summed E-state index contributed by atoms with van der Waals surface area (Å²) >= 11 is 0. The molecule has 53 heavy (non-hydrogen) atoms. The second-order valence-electron chi connectivity index (χ2n) is 16.7. The van der Waals surface area contributed by atoms with Crippen molar-refractivity contribution in [1.29, 1.82) is 0 Å². The van der Waals surface area contributed by atoms with E-state index in [1.165, 1.54) is 33.9 Å². The predicted octanol–water partition coefficient (Wildman–Crippen LogP) is 3.23. The van der Waals surface area contributed by atoms with Crippen molar-refractivity contribution in [3.63, 3.8) is 0 Å². The first-order valence-corrected chi connectivity index (χ1v) is 19.3. The van der Waals surface area contributed by atoms with Gasteiger partial charge in [-0.1, -0.05) is 67.5 Å². The van der Waals surface area contributed by atoms with Crippen LogP contribution in [0, 0.1) is 23.7 Å². The van der Waals surface area contributed by atoms with Crippen LogP contribution in [-0.4, -0.2) is 112 Å². The van der Waals surface area contributed by atoms with Gasteiger partial charge in [-0.2, -0.15) is 0 Å². The Morgan fingerprint density at radius 2 is 1.06 bits per heavy atom. The molecule has 13 heteroatoms. The highest BCUT2D eigenvalue weighted by molar-refractivity contribution is 5.98. The van der Waals surface area contributed by atoms with Crippen LogP contribution in [0.4, 0.5) is 0 Å². The Kier molecular flexibility index (Phi) is 15.7. The summed E-state index contributed by atoms with van der Waals surface area (Å²) in [5, 5.41) is 18.7. The summed E-state index contributed by atoms with van der Waals surface area (Å²) in [4.78, 5) is 89.9. The number of nitrogens with zero attached hydrogens (tertiary/aromatic N) is 3. The van der Waals surface area contributed by atoms with Crippen molar-refractivity contribution in [2.45, 2.75) is 137 Å². The molecule has 296 valence electrons. The normalized spacial score (nSPS) is 25.9. The summed E-state index contributed by atoms with van der Waals surface area (Å²) in [5.41, 5.74) is 0.678. The van der Waals surface area contributed by atoms with Gasteiger partial charge in [0.15, 0.2) is 0 Å². The van der Waals surface area contributed by atoms with Gasteiger partial charge in [0.25, 0.3) is 0 Å². The van der Waals surface area contributed by atoms with Crippen LogP contribution in [0.1, 0.15) is 99.5 Å². The first-order chi connectivity index (χ1) is 24.8. The molecule has 0 aromatic heterocycles. The number of rotatable bonds is 10. The molecule has 1 aromatic carbocycles. The fourth-order valence-electron chi connectivity index (χ4n) is 7.32. The third kappa shape index (κ3) is 11.9. The van der Waals surface area contributed by atoms with Crippen molar-refractivity contribution in [3.8, 4) is 5.75 Å². The lowest BCUT2D eigenvalue weighted by Crippen LogP contribution is -2.62. The van der Waals surface area contributed by atoms with Crippen LogP contribution in [0.15, 0.2) is 24.3 Å². The Bertz CT molecular complexity index is 1450. The quantitative estimate of drug-likeness (QED) is 0.286. The zero-order valence-electron chi connectivity index (χ0n) is 33.5. The Labute approximate surface area is 316 Å². The number of carbonyl (C=O) groups excluding carboxylic acids is 6. The van der Waals surface area contributed by atoms with Crippen LogP contribution in [-0.2, 0) is 35.2 Å². The Hall–Kier alpha value is -4.16. The van der Waals surface area contributed by atoms with E-state index in [0.717, 1.165) is 0 Å². The molecule has 0 radical (unpaired) electrons. The second kappa shape index (κ2) is 19.3. The minimum Gasteiger partial charge on any atom is -0.508 e. The highest BCUT2D eigenvalue weighted by Gasteiger charge is 2.43. The predicted molar refractivity (Wildman–Crippen MR) is 203 cm³/mol. The number of hydrogen-bond donors (Lipinski definition) is 4. The van der Waals surface area contributed by atoms with E-state index < -0.39 is 65.8 Å². The number of carbonyl (C=O) groups is 6. The van der Waals surface area contributed by atoms with Gasteiger partial charge in [-0.15, -0.1) is 0 Å². The molecule has 2 saturated heterocycles. The second-order valence-corrected chi connectivity index (χ2v) is 16.7. The molecule has 2 heterocycles. The lowest BCUT2D eigenvalue weighted by molar-refractivity contribution is -0.149. The van der Waals surface area contributed by atoms with E-state index in [9.17, 15) is 33.9 Å². The van der Waals surface area contributed by atoms with Crippen molar-refractivity contribution >= 4 is 35.4 Å². The van der Waals surface area contributed by atoms with Gasteiger partial charge in [0.2, 0.25) is 35.4 Å². The molecule has 0 unspecified atom stereocenters. The summed E-state index contributed by atoms with van der Waals surface area (Å²) in [6, 6.07) is 0.508. The number of phenolic OH excluding ortho intramolecular Hbond substituents is 1. The lowest BCUT2D eigenvalue weighted by Gasteiger charge is -2.37. The maximum absolute atomic E-state index is 14.4. The Morgan fingerprint density at radius 1 is 0.604 bits per heavy atom. The van der Waals surface area contributed by atoms with Crippen molar-refractivity contribution in [2.24, 2.45) is 23.7 Å². The Morgan fingerprint density at radius 3 is 1.60 bits per heavy atom. The van der Waals surface area contributed by atoms with E-state index in [0.29, 0.717) is 44.2 Å². The SMILES string of the molecule is CC(C)C[C@@H]1NC(=O)[C@@H](CC(C)C)N(C)C(=O)[C@H](CC(C)C)NC(=O)[C@H](Cc2ccc(O)cc2)N(C)C(=O)[C@H]2CCCN2C(=O)[C@H](CC(C)C)NC1=O. The van der Waals surface area contributed by atoms with Crippen LogP contribution in [0.25, 0.3) is 0 Å². The van der Waals surface area contributed by atoms with Gasteiger partial charge in [0.05, 0.1) is 0 Å². The van der Waals surface area contributed by atoms with Crippen molar-refractivity contribution < 1.29 is 33.9 Å². The summed E-state index contributed by atoms with van der Waals surface area (Å²) in [6.45, 7) is 15.8. The monoisotopic (exact) mass is 740 g/mol. The van der Waals surface area contributed by atoms with Gasteiger partial charge >= 0.3 is 0 Å². The number of fused-ring (bicyclic) bond motifs is 1. The number of aromatic hydroxyl groups is 1. The molecule has 0 bridgehead atoms. The standard InChI is InChI=1S/C40H64N6O7/c1-23(2)18-29-35(48)42-31(20-25(5)6)39(52)46-17-11-12-32(46)40(53)45(10)34(22-27-13-15-28(47)16-14-27)37(50)43-30(19-24(3)4)38(51)44(9)33(21-26(7)8)36(49)41-29/h13-16,23-26,29-34,47H,11-12,17-22H2,1-10H3,(H,41,49)(H,42,48)(H,43,50)/t29-,30-,31-,32+,33+,34-/m0/s1. The third-order valence-corrected chi connectivity index (χ3v) is 10.1. The smallest absolute Gasteiger partial charge is 0.245 e. The molecule has 0 aliphatic carbocycles. The highest BCUT2D eigenvalue weighted by Crippen LogP contribution is 2.25. The van der Waals surface area contributed by atoms with Crippen molar-refractivity contribution in [3.05, 3.63) is 29.8 Å². The molecule has 6 atom stereocenters. The molecule has 2 fully saturated rings. The first kappa shape index (κ1) is 43.2. The highest BCUT2D eigenvalue weighted by atomic mass is 16.3. The molecule has 3 rings (SSSR count).